The Morgan fingerprint density at radius 1 is 1.10 bits per heavy atom. The smallest absolute Gasteiger partial charge is 0.341 e. The van der Waals surface area contributed by atoms with Gasteiger partial charge < -0.3 is 24.4 Å². The number of fused-ring (bicyclic) bond motifs is 1. The van der Waals surface area contributed by atoms with E-state index in [1.54, 1.807) is 23.1 Å². The van der Waals surface area contributed by atoms with E-state index in [1.807, 2.05) is 24.3 Å². The van der Waals surface area contributed by atoms with Gasteiger partial charge in [0.2, 0.25) is 11.8 Å². The van der Waals surface area contributed by atoms with Crippen LogP contribution in [0, 0.1) is 0 Å². The maximum Gasteiger partial charge on any atom is 0.341 e. The topological polar surface area (TPSA) is 94.2 Å². The average molecular weight is 412 g/mol. The second-order valence-electron chi connectivity index (χ2n) is 6.66. The van der Waals surface area contributed by atoms with E-state index in [0.717, 1.165) is 11.3 Å². The molecule has 0 bridgehead atoms. The Morgan fingerprint density at radius 2 is 1.90 bits per heavy atom. The van der Waals surface area contributed by atoms with Crippen molar-refractivity contribution in [3.8, 4) is 11.5 Å². The first-order valence-electron chi connectivity index (χ1n) is 9.57. The molecule has 0 saturated carbocycles. The molecule has 2 amide bonds. The minimum atomic E-state index is -0.517. The number of rotatable bonds is 7. The maximum absolute atomic E-state index is 12.6. The summed E-state index contributed by atoms with van der Waals surface area (Å²) in [4.78, 5) is 38.3. The van der Waals surface area contributed by atoms with Crippen LogP contribution in [0.15, 0.2) is 42.5 Å². The van der Waals surface area contributed by atoms with Crippen molar-refractivity contribution in [3.05, 3.63) is 53.6 Å². The summed E-state index contributed by atoms with van der Waals surface area (Å²) in [5.74, 6) is 0.172. The van der Waals surface area contributed by atoms with Crippen molar-refractivity contribution in [2.24, 2.45) is 0 Å². The molecular formula is C22H24N2O6. The van der Waals surface area contributed by atoms with Gasteiger partial charge in [-0.2, -0.15) is 0 Å². The lowest BCUT2D eigenvalue weighted by Gasteiger charge is -2.29. The minimum absolute atomic E-state index is 0.0678. The lowest BCUT2D eigenvalue weighted by molar-refractivity contribution is -0.125. The molecule has 0 atom stereocenters. The Hall–Kier alpha value is -3.55. The zero-order valence-corrected chi connectivity index (χ0v) is 17.0. The molecule has 0 radical (unpaired) electrons. The highest BCUT2D eigenvalue weighted by molar-refractivity contribution is 5.97. The molecule has 0 saturated heterocycles. The number of nitrogens with one attached hydrogen (secondary N) is 1. The number of carbonyl (C=O) groups is 3. The molecule has 1 N–H and O–H groups in total. The molecule has 30 heavy (non-hydrogen) atoms. The first-order valence-corrected chi connectivity index (χ1v) is 9.57. The van der Waals surface area contributed by atoms with Crippen LogP contribution >= 0.6 is 0 Å². The van der Waals surface area contributed by atoms with Gasteiger partial charge in [-0.25, -0.2) is 4.79 Å². The Bertz CT molecular complexity index is 943. The third kappa shape index (κ3) is 4.89. The zero-order chi connectivity index (χ0) is 21.5. The van der Waals surface area contributed by atoms with E-state index in [2.05, 4.69) is 5.32 Å². The number of anilines is 1. The van der Waals surface area contributed by atoms with Gasteiger partial charge in [0.05, 0.1) is 26.5 Å². The number of esters is 1. The molecule has 8 nitrogen and oxygen atoms in total. The normalized spacial score (nSPS) is 12.4. The number of hydrogen-bond acceptors (Lipinski definition) is 6. The van der Waals surface area contributed by atoms with Crippen LogP contribution in [-0.2, 0) is 20.9 Å². The average Bonchev–Trinajstić information content (AvgIpc) is 2.80. The Kier molecular flexibility index (Phi) is 6.90. The summed E-state index contributed by atoms with van der Waals surface area (Å²) in [7, 11) is 2.76. The summed E-state index contributed by atoms with van der Waals surface area (Å²) >= 11 is 0. The van der Waals surface area contributed by atoms with Crippen LogP contribution < -0.4 is 19.7 Å². The van der Waals surface area contributed by atoms with Crippen molar-refractivity contribution in [1.82, 2.24) is 5.32 Å². The Morgan fingerprint density at radius 3 is 2.67 bits per heavy atom. The summed E-state index contributed by atoms with van der Waals surface area (Å²) in [6.07, 6.45) is 0.161. The van der Waals surface area contributed by atoms with Crippen LogP contribution in [0.5, 0.6) is 11.5 Å². The third-order valence-electron chi connectivity index (χ3n) is 4.75. The molecule has 1 aliphatic rings. The van der Waals surface area contributed by atoms with Gasteiger partial charge >= 0.3 is 5.97 Å². The molecule has 3 rings (SSSR count). The molecular weight excluding hydrogens is 388 g/mol. The van der Waals surface area contributed by atoms with E-state index in [9.17, 15) is 14.4 Å². The second-order valence-corrected chi connectivity index (χ2v) is 6.66. The van der Waals surface area contributed by atoms with Gasteiger partial charge in [0.25, 0.3) is 0 Å². The van der Waals surface area contributed by atoms with Gasteiger partial charge in [-0.05, 0) is 29.8 Å². The summed E-state index contributed by atoms with van der Waals surface area (Å²) in [5.41, 5.74) is 1.73. The van der Waals surface area contributed by atoms with E-state index in [0.29, 0.717) is 24.7 Å². The van der Waals surface area contributed by atoms with Crippen molar-refractivity contribution < 1.29 is 28.6 Å². The Labute approximate surface area is 174 Å². The quantitative estimate of drug-likeness (QED) is 0.702. The fourth-order valence-corrected chi connectivity index (χ4v) is 3.21. The summed E-state index contributed by atoms with van der Waals surface area (Å²) in [6, 6.07) is 12.4. The number of methoxy groups -OCH3 is 2. The number of amides is 2. The number of hydrogen-bond donors (Lipinski definition) is 1. The van der Waals surface area contributed by atoms with Crippen molar-refractivity contribution in [3.63, 3.8) is 0 Å². The predicted molar refractivity (Wildman–Crippen MR) is 110 cm³/mol. The van der Waals surface area contributed by atoms with Crippen LogP contribution in [0.1, 0.15) is 28.8 Å². The van der Waals surface area contributed by atoms with Crippen LogP contribution in [0.25, 0.3) is 0 Å². The highest BCUT2D eigenvalue weighted by atomic mass is 16.5. The molecule has 0 aliphatic carbocycles. The molecule has 0 fully saturated rings. The zero-order valence-electron chi connectivity index (χ0n) is 17.0. The van der Waals surface area contributed by atoms with Gasteiger partial charge in [-0.15, -0.1) is 0 Å². The van der Waals surface area contributed by atoms with Crippen LogP contribution in [0.4, 0.5) is 5.69 Å². The van der Waals surface area contributed by atoms with E-state index < -0.39 is 5.97 Å². The largest absolute Gasteiger partial charge is 0.496 e. The van der Waals surface area contributed by atoms with Crippen LogP contribution in [-0.4, -0.2) is 45.2 Å². The standard InChI is InChI=1S/C22H24N2O6/c1-28-18-8-7-15(13-16(18)22(27)29-2)14-23-20(25)9-10-21(26)24-11-12-30-19-6-4-3-5-17(19)24/h3-8,13H,9-12,14H2,1-2H3,(H,23,25). The van der Waals surface area contributed by atoms with Crippen LogP contribution in [0.3, 0.4) is 0 Å². The highest BCUT2D eigenvalue weighted by Crippen LogP contribution is 2.31. The van der Waals surface area contributed by atoms with E-state index in [-0.39, 0.29) is 36.8 Å². The number of para-hydroxylation sites is 2. The van der Waals surface area contributed by atoms with Crippen LogP contribution in [0.2, 0.25) is 0 Å². The molecule has 158 valence electrons. The number of benzene rings is 2. The first kappa shape index (κ1) is 21.2. The van der Waals surface area contributed by atoms with Gasteiger partial charge in [0.15, 0.2) is 0 Å². The first-order chi connectivity index (χ1) is 14.5. The molecule has 2 aromatic carbocycles. The number of nitrogens with zero attached hydrogens (tertiary/aromatic N) is 1. The number of ether oxygens (including phenoxy) is 3. The van der Waals surface area contributed by atoms with Gasteiger partial charge in [0.1, 0.15) is 23.7 Å². The molecule has 0 spiro atoms. The summed E-state index contributed by atoms with van der Waals surface area (Å²) in [6.45, 7) is 1.11. The van der Waals surface area contributed by atoms with Crippen molar-refractivity contribution in [1.29, 1.82) is 0 Å². The van der Waals surface area contributed by atoms with Crippen molar-refractivity contribution in [2.45, 2.75) is 19.4 Å². The van der Waals surface area contributed by atoms with E-state index >= 15 is 0 Å². The van der Waals surface area contributed by atoms with Crippen molar-refractivity contribution >= 4 is 23.5 Å². The molecule has 0 unspecified atom stereocenters. The Balaban J connectivity index is 1.53. The van der Waals surface area contributed by atoms with E-state index in [1.165, 1.54) is 14.2 Å². The lowest BCUT2D eigenvalue weighted by Crippen LogP contribution is -2.38. The number of carbonyl (C=O) groups excluding carboxylic acids is 3. The molecule has 1 heterocycles. The second kappa shape index (κ2) is 9.78. The lowest BCUT2D eigenvalue weighted by atomic mass is 10.1. The third-order valence-corrected chi connectivity index (χ3v) is 4.75. The fraction of sp³-hybridized carbons (Fsp3) is 0.318. The predicted octanol–water partition coefficient (Wildman–Crippen LogP) is 2.30. The SMILES string of the molecule is COC(=O)c1cc(CNC(=O)CCC(=O)N2CCOc3ccccc32)ccc1OC. The van der Waals surface area contributed by atoms with E-state index in [4.69, 9.17) is 14.2 Å². The van der Waals surface area contributed by atoms with Gasteiger partial charge in [-0.3, -0.25) is 9.59 Å². The van der Waals surface area contributed by atoms with Gasteiger partial charge in [0, 0.05) is 19.4 Å². The molecule has 8 heteroatoms. The monoisotopic (exact) mass is 412 g/mol. The van der Waals surface area contributed by atoms with Crippen molar-refractivity contribution in [2.75, 3.05) is 32.3 Å². The molecule has 0 aromatic heterocycles. The molecule has 1 aliphatic heterocycles. The fourth-order valence-electron chi connectivity index (χ4n) is 3.21. The minimum Gasteiger partial charge on any atom is -0.496 e. The summed E-state index contributed by atoms with van der Waals surface area (Å²) in [5, 5.41) is 2.77. The van der Waals surface area contributed by atoms with Gasteiger partial charge in [-0.1, -0.05) is 18.2 Å². The maximum atomic E-state index is 12.6. The summed E-state index contributed by atoms with van der Waals surface area (Å²) < 4.78 is 15.5. The molecule has 2 aromatic rings. The highest BCUT2D eigenvalue weighted by Gasteiger charge is 2.23.